The molecule has 0 fully saturated rings. The minimum Gasteiger partial charge on any atom is -0.497 e. The van der Waals surface area contributed by atoms with Gasteiger partial charge in [0.25, 0.3) is 0 Å². The Morgan fingerprint density at radius 2 is 1.58 bits per heavy atom. The number of esters is 1. The summed E-state index contributed by atoms with van der Waals surface area (Å²) in [7, 11) is 3.19. The van der Waals surface area contributed by atoms with Crippen LogP contribution in [0.1, 0.15) is 40.7 Å². The van der Waals surface area contributed by atoms with Gasteiger partial charge in [0.05, 0.1) is 14.2 Å². The molecule has 0 N–H and O–H groups in total. The molecule has 0 atom stereocenters. The Balaban J connectivity index is 1.64. The van der Waals surface area contributed by atoms with E-state index in [1.54, 1.807) is 7.11 Å². The summed E-state index contributed by atoms with van der Waals surface area (Å²) in [4.78, 5) is 11.3. The molecule has 24 heavy (non-hydrogen) atoms. The SMILES string of the molecule is COC(=O)CCCc1cc2c3c(c1)Cc1cc(OC)cc(c1-3)CC2. The number of hydrogen-bond donors (Lipinski definition) is 0. The van der Waals surface area contributed by atoms with Crippen molar-refractivity contribution in [2.75, 3.05) is 14.2 Å². The monoisotopic (exact) mass is 322 g/mol. The molecule has 0 saturated heterocycles. The molecule has 0 heterocycles. The lowest BCUT2D eigenvalue weighted by atomic mass is 9.84. The third-order valence-electron chi connectivity index (χ3n) is 5.24. The first kappa shape index (κ1) is 15.3. The molecule has 0 aliphatic heterocycles. The van der Waals surface area contributed by atoms with Crippen molar-refractivity contribution in [3.63, 3.8) is 0 Å². The summed E-state index contributed by atoms with van der Waals surface area (Å²) in [5.74, 6) is 0.847. The van der Waals surface area contributed by atoms with Gasteiger partial charge in [0.1, 0.15) is 5.75 Å². The van der Waals surface area contributed by atoms with Crippen molar-refractivity contribution in [1.29, 1.82) is 0 Å². The van der Waals surface area contributed by atoms with Crippen LogP contribution in [-0.4, -0.2) is 20.2 Å². The Kier molecular flexibility index (Phi) is 3.79. The van der Waals surface area contributed by atoms with Crippen molar-refractivity contribution in [2.45, 2.75) is 38.5 Å². The third-order valence-corrected chi connectivity index (χ3v) is 5.24. The number of carbonyl (C=O) groups excluding carboxylic acids is 1. The number of ether oxygens (including phenoxy) is 2. The van der Waals surface area contributed by atoms with Gasteiger partial charge in [-0.15, -0.1) is 0 Å². The van der Waals surface area contributed by atoms with Crippen molar-refractivity contribution < 1.29 is 14.3 Å². The molecule has 0 aromatic heterocycles. The van der Waals surface area contributed by atoms with Crippen LogP contribution in [0.5, 0.6) is 5.75 Å². The smallest absolute Gasteiger partial charge is 0.305 e. The lowest BCUT2D eigenvalue weighted by molar-refractivity contribution is -0.140. The lowest BCUT2D eigenvalue weighted by Crippen LogP contribution is -2.05. The van der Waals surface area contributed by atoms with Gasteiger partial charge < -0.3 is 9.47 Å². The van der Waals surface area contributed by atoms with E-state index < -0.39 is 0 Å². The van der Waals surface area contributed by atoms with E-state index in [0.29, 0.717) is 6.42 Å². The van der Waals surface area contributed by atoms with Crippen LogP contribution in [-0.2, 0) is 35.2 Å². The highest BCUT2D eigenvalue weighted by atomic mass is 16.5. The maximum atomic E-state index is 11.3. The second kappa shape index (κ2) is 5.97. The van der Waals surface area contributed by atoms with Gasteiger partial charge in [-0.25, -0.2) is 0 Å². The van der Waals surface area contributed by atoms with Crippen molar-refractivity contribution >= 4 is 5.97 Å². The van der Waals surface area contributed by atoms with E-state index in [2.05, 4.69) is 24.3 Å². The number of benzene rings is 2. The molecule has 2 aliphatic rings. The zero-order valence-corrected chi connectivity index (χ0v) is 14.3. The molecule has 2 aromatic rings. The maximum absolute atomic E-state index is 11.3. The van der Waals surface area contributed by atoms with Gasteiger partial charge in [0, 0.05) is 6.42 Å². The highest BCUT2D eigenvalue weighted by Gasteiger charge is 2.28. The summed E-state index contributed by atoms with van der Waals surface area (Å²) in [6.07, 6.45) is 5.43. The van der Waals surface area contributed by atoms with E-state index in [9.17, 15) is 4.79 Å². The number of carbonyl (C=O) groups is 1. The molecule has 0 unspecified atom stereocenters. The van der Waals surface area contributed by atoms with E-state index in [1.165, 1.54) is 46.1 Å². The van der Waals surface area contributed by atoms with Crippen molar-refractivity contribution in [2.24, 2.45) is 0 Å². The predicted octanol–water partition coefficient (Wildman–Crippen LogP) is 3.86. The normalized spacial score (nSPS) is 13.6. The van der Waals surface area contributed by atoms with Crippen LogP contribution in [0, 0.1) is 0 Å². The van der Waals surface area contributed by atoms with Crippen LogP contribution in [0.4, 0.5) is 0 Å². The number of methoxy groups -OCH3 is 2. The molecule has 0 bridgehead atoms. The molecule has 3 nitrogen and oxygen atoms in total. The minimum atomic E-state index is -0.123. The van der Waals surface area contributed by atoms with Gasteiger partial charge >= 0.3 is 5.97 Å². The van der Waals surface area contributed by atoms with E-state index in [-0.39, 0.29) is 5.97 Å². The summed E-state index contributed by atoms with van der Waals surface area (Å²) in [6, 6.07) is 9.06. The van der Waals surface area contributed by atoms with Crippen LogP contribution in [0.3, 0.4) is 0 Å². The molecular formula is C21H22O3. The first-order valence-corrected chi connectivity index (χ1v) is 8.61. The molecule has 0 radical (unpaired) electrons. The standard InChI is InChI=1S/C21H22O3/c1-23-18-11-15-7-6-14-8-13(4-3-5-19(22)24-2)9-16-10-17(12-18)21(15)20(14)16/h8-9,11-12H,3-7,10H2,1-2H3. The Labute approximate surface area is 142 Å². The zero-order chi connectivity index (χ0) is 16.7. The summed E-state index contributed by atoms with van der Waals surface area (Å²) in [5, 5.41) is 0. The highest BCUT2D eigenvalue weighted by Crippen LogP contribution is 2.46. The van der Waals surface area contributed by atoms with Gasteiger partial charge in [0.2, 0.25) is 0 Å². The van der Waals surface area contributed by atoms with E-state index in [0.717, 1.165) is 37.9 Å². The predicted molar refractivity (Wildman–Crippen MR) is 93.6 cm³/mol. The second-order valence-corrected chi connectivity index (χ2v) is 6.72. The number of rotatable bonds is 5. The van der Waals surface area contributed by atoms with E-state index in [1.807, 2.05) is 0 Å². The average molecular weight is 322 g/mol. The quantitative estimate of drug-likeness (QED) is 0.669. The Hall–Kier alpha value is -2.29. The van der Waals surface area contributed by atoms with Gasteiger partial charge in [-0.1, -0.05) is 12.1 Å². The largest absolute Gasteiger partial charge is 0.497 e. The first-order valence-electron chi connectivity index (χ1n) is 8.61. The molecule has 2 aromatic carbocycles. The topological polar surface area (TPSA) is 35.5 Å². The van der Waals surface area contributed by atoms with Crippen LogP contribution < -0.4 is 4.74 Å². The Morgan fingerprint density at radius 1 is 0.958 bits per heavy atom. The minimum absolute atomic E-state index is 0.123. The van der Waals surface area contributed by atoms with Crippen molar-refractivity contribution in [3.8, 4) is 16.9 Å². The van der Waals surface area contributed by atoms with Crippen LogP contribution in [0.15, 0.2) is 24.3 Å². The molecule has 0 amide bonds. The molecule has 3 heteroatoms. The summed E-state index contributed by atoms with van der Waals surface area (Å²) < 4.78 is 10.2. The summed E-state index contributed by atoms with van der Waals surface area (Å²) >= 11 is 0. The Bertz CT molecular complexity index is 820. The van der Waals surface area contributed by atoms with Crippen molar-refractivity contribution in [3.05, 3.63) is 52.1 Å². The molecule has 2 aliphatic carbocycles. The first-order chi connectivity index (χ1) is 11.7. The molecule has 0 spiro atoms. The van der Waals surface area contributed by atoms with Crippen LogP contribution in [0.2, 0.25) is 0 Å². The lowest BCUT2D eigenvalue weighted by Gasteiger charge is -2.21. The fourth-order valence-electron chi connectivity index (χ4n) is 4.17. The molecular weight excluding hydrogens is 300 g/mol. The number of hydrogen-bond acceptors (Lipinski definition) is 3. The van der Waals surface area contributed by atoms with Gasteiger partial charge in [-0.05, 0) is 83.2 Å². The van der Waals surface area contributed by atoms with Crippen LogP contribution in [0.25, 0.3) is 11.1 Å². The van der Waals surface area contributed by atoms with Crippen LogP contribution >= 0.6 is 0 Å². The van der Waals surface area contributed by atoms with Crippen molar-refractivity contribution in [1.82, 2.24) is 0 Å². The number of aryl methyl sites for hydroxylation is 3. The average Bonchev–Trinajstić information content (AvgIpc) is 2.97. The molecule has 4 rings (SSSR count). The van der Waals surface area contributed by atoms with E-state index in [4.69, 9.17) is 9.47 Å². The molecule has 124 valence electrons. The fourth-order valence-corrected chi connectivity index (χ4v) is 4.17. The maximum Gasteiger partial charge on any atom is 0.305 e. The molecule has 0 saturated carbocycles. The third kappa shape index (κ3) is 2.48. The van der Waals surface area contributed by atoms with Gasteiger partial charge in [-0.2, -0.15) is 0 Å². The summed E-state index contributed by atoms with van der Waals surface area (Å²) in [6.45, 7) is 0. The van der Waals surface area contributed by atoms with Gasteiger partial charge in [0.15, 0.2) is 0 Å². The fraction of sp³-hybridized carbons (Fsp3) is 0.381. The second-order valence-electron chi connectivity index (χ2n) is 6.72. The van der Waals surface area contributed by atoms with Gasteiger partial charge in [-0.3, -0.25) is 4.79 Å². The highest BCUT2D eigenvalue weighted by molar-refractivity contribution is 5.84. The zero-order valence-electron chi connectivity index (χ0n) is 14.3. The summed E-state index contributed by atoms with van der Waals surface area (Å²) in [5.41, 5.74) is 9.98. The van der Waals surface area contributed by atoms with E-state index >= 15 is 0 Å². The Morgan fingerprint density at radius 3 is 2.29 bits per heavy atom.